The molecule has 0 atom stereocenters. The largest absolute Gasteiger partial charge is 0.312 e. The molecule has 1 rings (SSSR count). The van der Waals surface area contributed by atoms with Crippen LogP contribution >= 0.6 is 0 Å². The number of carbonyl (C=O) groups excluding carboxylic acids is 1. The van der Waals surface area contributed by atoms with Gasteiger partial charge in [0.2, 0.25) is 0 Å². The molecule has 0 aromatic carbocycles. The van der Waals surface area contributed by atoms with Gasteiger partial charge in [-0.1, -0.05) is 25.2 Å². The van der Waals surface area contributed by atoms with Gasteiger partial charge in [0.15, 0.2) is 0 Å². The van der Waals surface area contributed by atoms with Crippen LogP contribution in [0.25, 0.3) is 0 Å². The Morgan fingerprint density at radius 3 is 3.00 bits per heavy atom. The first-order valence-corrected chi connectivity index (χ1v) is 5.41. The molecule has 0 bridgehead atoms. The lowest BCUT2D eigenvalue weighted by molar-refractivity contribution is -0.118. The maximum Gasteiger partial charge on any atom is 0.133 e. The molecule has 0 saturated carbocycles. The van der Waals surface area contributed by atoms with Crippen molar-refractivity contribution in [3.8, 4) is 0 Å². The Morgan fingerprint density at radius 2 is 2.36 bits per heavy atom. The SMILES string of the molecule is CCC(=O)CCNCC1=CCCC=C1. The molecule has 2 nitrogen and oxygen atoms in total. The number of ketones is 1. The maximum atomic E-state index is 11.0. The Labute approximate surface area is 86.1 Å². The standard InChI is InChI=1S/C12H19NO/c1-2-12(14)8-9-13-10-11-6-4-3-5-7-11/h4,6-7,13H,2-3,5,8-10H2,1H3. The van der Waals surface area contributed by atoms with Crippen LogP contribution in [-0.2, 0) is 4.79 Å². The third-order valence-corrected chi connectivity index (χ3v) is 2.38. The van der Waals surface area contributed by atoms with Gasteiger partial charge >= 0.3 is 0 Å². The summed E-state index contributed by atoms with van der Waals surface area (Å²) in [4.78, 5) is 11.0. The highest BCUT2D eigenvalue weighted by atomic mass is 16.1. The molecule has 0 heterocycles. The van der Waals surface area contributed by atoms with Crippen molar-refractivity contribution in [1.29, 1.82) is 0 Å². The summed E-state index contributed by atoms with van der Waals surface area (Å²) in [5.74, 6) is 0.339. The van der Waals surface area contributed by atoms with Gasteiger partial charge in [0.25, 0.3) is 0 Å². The fraction of sp³-hybridized carbons (Fsp3) is 0.583. The van der Waals surface area contributed by atoms with Crippen LogP contribution in [0.3, 0.4) is 0 Å². The van der Waals surface area contributed by atoms with E-state index in [2.05, 4.69) is 23.5 Å². The average molecular weight is 193 g/mol. The Hall–Kier alpha value is -0.890. The summed E-state index contributed by atoms with van der Waals surface area (Å²) >= 11 is 0. The van der Waals surface area contributed by atoms with E-state index in [1.807, 2.05) is 6.92 Å². The van der Waals surface area contributed by atoms with Gasteiger partial charge in [-0.25, -0.2) is 0 Å². The Kier molecular flexibility index (Phi) is 5.23. The minimum atomic E-state index is 0.339. The molecule has 78 valence electrons. The second kappa shape index (κ2) is 6.55. The first kappa shape index (κ1) is 11.2. The topological polar surface area (TPSA) is 29.1 Å². The van der Waals surface area contributed by atoms with E-state index in [0.717, 1.165) is 25.9 Å². The molecule has 1 aliphatic carbocycles. The summed E-state index contributed by atoms with van der Waals surface area (Å²) in [6, 6.07) is 0. The van der Waals surface area contributed by atoms with Gasteiger partial charge < -0.3 is 5.32 Å². The molecule has 0 fully saturated rings. The zero-order valence-corrected chi connectivity index (χ0v) is 8.88. The van der Waals surface area contributed by atoms with E-state index in [1.165, 1.54) is 5.57 Å². The summed E-state index contributed by atoms with van der Waals surface area (Å²) in [6.07, 6.45) is 10.3. The van der Waals surface area contributed by atoms with Crippen LogP contribution in [0.1, 0.15) is 32.6 Å². The number of Topliss-reactive ketones (excluding diaryl/α,β-unsaturated/α-hetero) is 1. The summed E-state index contributed by atoms with van der Waals surface area (Å²) in [6.45, 7) is 3.61. The predicted octanol–water partition coefficient (Wildman–Crippen LogP) is 2.22. The van der Waals surface area contributed by atoms with Crippen LogP contribution in [0.4, 0.5) is 0 Å². The van der Waals surface area contributed by atoms with Gasteiger partial charge in [0, 0.05) is 25.9 Å². The zero-order valence-electron chi connectivity index (χ0n) is 8.88. The van der Waals surface area contributed by atoms with Crippen LogP contribution < -0.4 is 5.32 Å². The van der Waals surface area contributed by atoms with E-state index in [-0.39, 0.29) is 0 Å². The van der Waals surface area contributed by atoms with Crippen LogP contribution in [0.2, 0.25) is 0 Å². The highest BCUT2D eigenvalue weighted by molar-refractivity contribution is 5.78. The average Bonchev–Trinajstić information content (AvgIpc) is 2.25. The second-order valence-corrected chi connectivity index (χ2v) is 3.58. The molecule has 14 heavy (non-hydrogen) atoms. The quantitative estimate of drug-likeness (QED) is 0.655. The van der Waals surface area contributed by atoms with E-state index in [9.17, 15) is 4.79 Å². The van der Waals surface area contributed by atoms with Crippen molar-refractivity contribution >= 4 is 5.78 Å². The number of nitrogens with one attached hydrogen (secondary N) is 1. The molecule has 1 aliphatic rings. The second-order valence-electron chi connectivity index (χ2n) is 3.58. The van der Waals surface area contributed by atoms with Crippen LogP contribution in [-0.4, -0.2) is 18.9 Å². The molecule has 2 heteroatoms. The maximum absolute atomic E-state index is 11.0. The van der Waals surface area contributed by atoms with Crippen molar-refractivity contribution in [2.45, 2.75) is 32.6 Å². The van der Waals surface area contributed by atoms with Gasteiger partial charge in [-0.2, -0.15) is 0 Å². The van der Waals surface area contributed by atoms with Gasteiger partial charge in [0.1, 0.15) is 5.78 Å². The molecule has 0 spiro atoms. The van der Waals surface area contributed by atoms with E-state index < -0.39 is 0 Å². The number of allylic oxidation sites excluding steroid dienone is 2. The van der Waals surface area contributed by atoms with Gasteiger partial charge in [-0.15, -0.1) is 0 Å². The summed E-state index contributed by atoms with van der Waals surface area (Å²) < 4.78 is 0. The van der Waals surface area contributed by atoms with Crippen molar-refractivity contribution < 1.29 is 4.79 Å². The monoisotopic (exact) mass is 193 g/mol. The first-order valence-electron chi connectivity index (χ1n) is 5.41. The van der Waals surface area contributed by atoms with Crippen LogP contribution in [0, 0.1) is 0 Å². The van der Waals surface area contributed by atoms with Crippen molar-refractivity contribution in [1.82, 2.24) is 5.32 Å². The minimum Gasteiger partial charge on any atom is -0.312 e. The smallest absolute Gasteiger partial charge is 0.133 e. The highest BCUT2D eigenvalue weighted by Crippen LogP contribution is 2.07. The van der Waals surface area contributed by atoms with Gasteiger partial charge in [-0.05, 0) is 18.4 Å². The van der Waals surface area contributed by atoms with Crippen molar-refractivity contribution in [3.05, 3.63) is 23.8 Å². The lowest BCUT2D eigenvalue weighted by atomic mass is 10.1. The van der Waals surface area contributed by atoms with E-state index in [1.54, 1.807) is 0 Å². The Bertz CT molecular complexity index is 241. The van der Waals surface area contributed by atoms with Gasteiger partial charge in [-0.3, -0.25) is 4.79 Å². The number of hydrogen-bond acceptors (Lipinski definition) is 2. The van der Waals surface area contributed by atoms with Gasteiger partial charge in [0.05, 0.1) is 0 Å². The molecule has 0 aliphatic heterocycles. The molecular weight excluding hydrogens is 174 g/mol. The zero-order chi connectivity index (χ0) is 10.2. The molecule has 0 aromatic rings. The number of carbonyl (C=O) groups is 1. The predicted molar refractivity (Wildman–Crippen MR) is 59.2 cm³/mol. The molecule has 0 aromatic heterocycles. The molecule has 0 radical (unpaired) electrons. The third kappa shape index (κ3) is 4.38. The summed E-state index contributed by atoms with van der Waals surface area (Å²) in [5.41, 5.74) is 1.35. The summed E-state index contributed by atoms with van der Waals surface area (Å²) in [7, 11) is 0. The van der Waals surface area contributed by atoms with Crippen LogP contribution in [0.5, 0.6) is 0 Å². The third-order valence-electron chi connectivity index (χ3n) is 2.38. The number of rotatable bonds is 6. The van der Waals surface area contributed by atoms with E-state index in [4.69, 9.17) is 0 Å². The molecule has 1 N–H and O–H groups in total. The lowest BCUT2D eigenvalue weighted by Crippen LogP contribution is -2.20. The van der Waals surface area contributed by atoms with Crippen molar-refractivity contribution in [3.63, 3.8) is 0 Å². The molecular formula is C12H19NO. The minimum absolute atomic E-state index is 0.339. The molecule has 0 amide bonds. The Balaban J connectivity index is 2.06. The van der Waals surface area contributed by atoms with Crippen LogP contribution in [0.15, 0.2) is 23.8 Å². The van der Waals surface area contributed by atoms with Crippen molar-refractivity contribution in [2.75, 3.05) is 13.1 Å². The van der Waals surface area contributed by atoms with Crippen molar-refractivity contribution in [2.24, 2.45) is 0 Å². The first-order chi connectivity index (χ1) is 6.83. The molecule has 0 unspecified atom stereocenters. The van der Waals surface area contributed by atoms with E-state index in [0.29, 0.717) is 18.6 Å². The normalized spacial score (nSPS) is 15.4. The molecule has 0 saturated heterocycles. The lowest BCUT2D eigenvalue weighted by Gasteiger charge is -2.07. The fourth-order valence-electron chi connectivity index (χ4n) is 1.44. The Morgan fingerprint density at radius 1 is 1.50 bits per heavy atom. The van der Waals surface area contributed by atoms with E-state index >= 15 is 0 Å². The highest BCUT2D eigenvalue weighted by Gasteiger charge is 1.99. The summed E-state index contributed by atoms with van der Waals surface area (Å²) in [5, 5.41) is 3.28. The fourth-order valence-corrected chi connectivity index (χ4v) is 1.44. The number of hydrogen-bond donors (Lipinski definition) is 1.